The molecule has 1 aliphatic rings. The van der Waals surface area contributed by atoms with Gasteiger partial charge in [0.05, 0.1) is 25.5 Å². The molecule has 128 valence electrons. The lowest BCUT2D eigenvalue weighted by molar-refractivity contribution is 0.00697. The largest absolute Gasteiger partial charge is 0.379 e. The van der Waals surface area contributed by atoms with Crippen molar-refractivity contribution >= 4 is 6.03 Å². The van der Waals surface area contributed by atoms with E-state index in [1.807, 2.05) is 18.2 Å². The molecular weight excluding hydrogens is 292 g/mol. The summed E-state index contributed by atoms with van der Waals surface area (Å²) in [5, 5.41) is 3.06. The first-order valence-electron chi connectivity index (χ1n) is 8.28. The van der Waals surface area contributed by atoms with E-state index in [0.29, 0.717) is 25.0 Å². The van der Waals surface area contributed by atoms with E-state index in [0.717, 1.165) is 32.0 Å². The van der Waals surface area contributed by atoms with Gasteiger partial charge in [0.25, 0.3) is 0 Å². The summed E-state index contributed by atoms with van der Waals surface area (Å²) in [6.07, 6.45) is 1.74. The van der Waals surface area contributed by atoms with E-state index in [2.05, 4.69) is 29.0 Å². The van der Waals surface area contributed by atoms with Gasteiger partial charge in [-0.05, 0) is 18.1 Å². The van der Waals surface area contributed by atoms with Gasteiger partial charge >= 0.3 is 6.03 Å². The maximum atomic E-state index is 12.3. The molecule has 2 rings (SSSR count). The standard InChI is InChI=1S/C17H28N4O2/c1-14(2)16(21-8-10-23-11-9-21)12-19-17(22)20(3)13-15-6-4-5-7-18-15/h4-7,14,16H,8-13H2,1-3H3,(H,19,22). The molecule has 0 spiro atoms. The van der Waals surface area contributed by atoms with Gasteiger partial charge in [-0.3, -0.25) is 9.88 Å². The van der Waals surface area contributed by atoms with E-state index < -0.39 is 0 Å². The molecule has 6 nitrogen and oxygen atoms in total. The van der Waals surface area contributed by atoms with Crippen molar-refractivity contribution in [2.75, 3.05) is 39.9 Å². The van der Waals surface area contributed by atoms with Crippen LogP contribution >= 0.6 is 0 Å². The van der Waals surface area contributed by atoms with Gasteiger partial charge in [0.2, 0.25) is 0 Å². The highest BCUT2D eigenvalue weighted by molar-refractivity contribution is 5.73. The number of ether oxygens (including phenoxy) is 1. The average molecular weight is 320 g/mol. The molecule has 1 aliphatic heterocycles. The summed E-state index contributed by atoms with van der Waals surface area (Å²) >= 11 is 0. The second-order valence-corrected chi connectivity index (χ2v) is 6.32. The van der Waals surface area contributed by atoms with Crippen LogP contribution in [0.5, 0.6) is 0 Å². The summed E-state index contributed by atoms with van der Waals surface area (Å²) in [6.45, 7) is 8.98. The predicted octanol–water partition coefficient (Wildman–Crippen LogP) is 1.58. The molecule has 2 amide bonds. The Bertz CT molecular complexity index is 475. The van der Waals surface area contributed by atoms with E-state index in [9.17, 15) is 4.79 Å². The molecule has 1 aromatic rings. The smallest absolute Gasteiger partial charge is 0.317 e. The van der Waals surface area contributed by atoms with Crippen molar-refractivity contribution in [2.45, 2.75) is 26.4 Å². The number of hydrogen-bond donors (Lipinski definition) is 1. The zero-order chi connectivity index (χ0) is 16.7. The minimum absolute atomic E-state index is 0.0606. The van der Waals surface area contributed by atoms with Crippen molar-refractivity contribution in [3.05, 3.63) is 30.1 Å². The van der Waals surface area contributed by atoms with E-state index in [-0.39, 0.29) is 6.03 Å². The van der Waals surface area contributed by atoms with Crippen LogP contribution in [0.15, 0.2) is 24.4 Å². The summed E-state index contributed by atoms with van der Waals surface area (Å²) in [5.41, 5.74) is 0.888. The first-order valence-corrected chi connectivity index (χ1v) is 8.28. The van der Waals surface area contributed by atoms with Gasteiger partial charge in [0, 0.05) is 38.9 Å². The Kier molecular flexibility index (Phi) is 6.80. The fourth-order valence-electron chi connectivity index (χ4n) is 2.83. The number of nitrogens with one attached hydrogen (secondary N) is 1. The maximum Gasteiger partial charge on any atom is 0.317 e. The Balaban J connectivity index is 1.83. The highest BCUT2D eigenvalue weighted by Gasteiger charge is 2.24. The molecule has 0 bridgehead atoms. The summed E-state index contributed by atoms with van der Waals surface area (Å²) in [7, 11) is 1.79. The van der Waals surface area contributed by atoms with Crippen LogP contribution in [0.2, 0.25) is 0 Å². The minimum Gasteiger partial charge on any atom is -0.379 e. The molecule has 23 heavy (non-hydrogen) atoms. The van der Waals surface area contributed by atoms with Crippen molar-refractivity contribution in [3.8, 4) is 0 Å². The molecule has 0 aliphatic carbocycles. The van der Waals surface area contributed by atoms with E-state index in [1.54, 1.807) is 18.1 Å². The second kappa shape index (κ2) is 8.84. The lowest BCUT2D eigenvalue weighted by Crippen LogP contribution is -2.52. The van der Waals surface area contributed by atoms with Gasteiger partial charge in [-0.1, -0.05) is 19.9 Å². The Hall–Kier alpha value is -1.66. The van der Waals surface area contributed by atoms with Crippen LogP contribution in [-0.4, -0.2) is 66.8 Å². The van der Waals surface area contributed by atoms with Crippen LogP contribution < -0.4 is 5.32 Å². The van der Waals surface area contributed by atoms with Crippen molar-refractivity contribution in [1.29, 1.82) is 0 Å². The molecule has 1 atom stereocenters. The van der Waals surface area contributed by atoms with Gasteiger partial charge in [-0.25, -0.2) is 4.79 Å². The molecule has 1 saturated heterocycles. The van der Waals surface area contributed by atoms with Crippen LogP contribution in [0.4, 0.5) is 4.79 Å². The third-order valence-corrected chi connectivity index (χ3v) is 4.22. The Morgan fingerprint density at radius 1 is 1.39 bits per heavy atom. The zero-order valence-electron chi connectivity index (χ0n) is 14.4. The Morgan fingerprint density at radius 2 is 2.13 bits per heavy atom. The van der Waals surface area contributed by atoms with Gasteiger partial charge in [-0.15, -0.1) is 0 Å². The first kappa shape index (κ1) is 17.7. The van der Waals surface area contributed by atoms with Crippen molar-refractivity contribution in [3.63, 3.8) is 0 Å². The molecule has 1 fully saturated rings. The van der Waals surface area contributed by atoms with Crippen LogP contribution in [0.25, 0.3) is 0 Å². The van der Waals surface area contributed by atoms with Gasteiger partial charge in [0.15, 0.2) is 0 Å². The molecule has 2 heterocycles. The molecule has 1 aromatic heterocycles. The molecular formula is C17H28N4O2. The lowest BCUT2D eigenvalue weighted by atomic mass is 10.0. The summed E-state index contributed by atoms with van der Waals surface area (Å²) in [6, 6.07) is 6.01. The van der Waals surface area contributed by atoms with E-state index >= 15 is 0 Å². The number of aromatic nitrogens is 1. The van der Waals surface area contributed by atoms with Crippen LogP contribution in [0, 0.1) is 5.92 Å². The Morgan fingerprint density at radius 3 is 2.74 bits per heavy atom. The fraction of sp³-hybridized carbons (Fsp3) is 0.647. The molecule has 0 radical (unpaired) electrons. The summed E-state index contributed by atoms with van der Waals surface area (Å²) < 4.78 is 5.42. The number of carbonyl (C=O) groups excluding carboxylic acids is 1. The number of amides is 2. The van der Waals surface area contributed by atoms with E-state index in [4.69, 9.17) is 4.74 Å². The predicted molar refractivity (Wildman–Crippen MR) is 90.1 cm³/mol. The Labute approximate surface area is 138 Å². The number of morpholine rings is 1. The fourth-order valence-corrected chi connectivity index (χ4v) is 2.83. The first-order chi connectivity index (χ1) is 11.1. The SMILES string of the molecule is CC(C)C(CNC(=O)N(C)Cc1ccccn1)N1CCOCC1. The monoisotopic (exact) mass is 320 g/mol. The maximum absolute atomic E-state index is 12.3. The van der Waals surface area contributed by atoms with Crippen LogP contribution in [-0.2, 0) is 11.3 Å². The number of hydrogen-bond acceptors (Lipinski definition) is 4. The zero-order valence-corrected chi connectivity index (χ0v) is 14.4. The van der Waals surface area contributed by atoms with Gasteiger partial charge in [-0.2, -0.15) is 0 Å². The minimum atomic E-state index is -0.0606. The third-order valence-electron chi connectivity index (χ3n) is 4.22. The molecule has 6 heteroatoms. The normalized spacial score (nSPS) is 17.0. The number of nitrogens with zero attached hydrogens (tertiary/aromatic N) is 3. The van der Waals surface area contributed by atoms with Crippen molar-refractivity contribution in [1.82, 2.24) is 20.1 Å². The van der Waals surface area contributed by atoms with Crippen molar-refractivity contribution in [2.24, 2.45) is 5.92 Å². The molecule has 1 unspecified atom stereocenters. The topological polar surface area (TPSA) is 57.7 Å². The quantitative estimate of drug-likeness (QED) is 0.864. The van der Waals surface area contributed by atoms with Gasteiger partial charge in [0.1, 0.15) is 0 Å². The molecule has 0 saturated carbocycles. The number of rotatable bonds is 6. The van der Waals surface area contributed by atoms with Crippen LogP contribution in [0.1, 0.15) is 19.5 Å². The highest BCUT2D eigenvalue weighted by atomic mass is 16.5. The molecule has 1 N–H and O–H groups in total. The molecule has 0 aromatic carbocycles. The number of pyridine rings is 1. The van der Waals surface area contributed by atoms with Crippen molar-refractivity contribution < 1.29 is 9.53 Å². The number of carbonyl (C=O) groups is 1. The average Bonchev–Trinajstić information content (AvgIpc) is 2.56. The highest BCUT2D eigenvalue weighted by Crippen LogP contribution is 2.12. The van der Waals surface area contributed by atoms with E-state index in [1.165, 1.54) is 0 Å². The van der Waals surface area contributed by atoms with Gasteiger partial charge < -0.3 is 15.0 Å². The number of urea groups is 1. The summed E-state index contributed by atoms with van der Waals surface area (Å²) in [4.78, 5) is 20.6. The third kappa shape index (κ3) is 5.48. The van der Waals surface area contributed by atoms with Crippen LogP contribution in [0.3, 0.4) is 0 Å². The summed E-state index contributed by atoms with van der Waals surface area (Å²) in [5.74, 6) is 0.481. The second-order valence-electron chi connectivity index (χ2n) is 6.32. The lowest BCUT2D eigenvalue weighted by Gasteiger charge is -2.37.